The van der Waals surface area contributed by atoms with E-state index >= 15 is 0 Å². The van der Waals surface area contributed by atoms with Gasteiger partial charge in [-0.2, -0.15) is 4.39 Å². The van der Waals surface area contributed by atoms with Crippen LogP contribution in [0.4, 0.5) is 4.39 Å². The van der Waals surface area contributed by atoms with Gasteiger partial charge in [0, 0.05) is 0 Å². The topological polar surface area (TPSA) is 181 Å². The summed E-state index contributed by atoms with van der Waals surface area (Å²) in [6.07, 6.45) is -5.97. The van der Waals surface area contributed by atoms with Crippen LogP contribution in [0.5, 0.6) is 5.75 Å². The number of nitrogens with one attached hydrogen (secondary N) is 1. The van der Waals surface area contributed by atoms with Gasteiger partial charge in [0.15, 0.2) is 17.9 Å². The SMILES string of the molecule is CC#CC1(N)[C@@H](O)[C@@H](CO[P@](=O)(Oc2ccccc2)O[C@@H](C)C(=O)OC(C)C)O[C@H]1n1cc(F)c(=O)[nH]c1=O. The average molecular weight is 569 g/mol. The van der Waals surface area contributed by atoms with E-state index in [-0.39, 0.29) is 5.75 Å². The van der Waals surface area contributed by atoms with Crippen molar-refractivity contribution in [3.05, 3.63) is 63.2 Å². The number of benzene rings is 1. The van der Waals surface area contributed by atoms with Gasteiger partial charge in [0.2, 0.25) is 5.82 Å². The minimum absolute atomic E-state index is 0.0799. The molecule has 3 rings (SSSR count). The molecule has 1 saturated heterocycles. The van der Waals surface area contributed by atoms with Gasteiger partial charge in [-0.3, -0.25) is 23.4 Å². The fraction of sp³-hybridized carbons (Fsp3) is 0.458. The highest BCUT2D eigenvalue weighted by Gasteiger charge is 2.55. The van der Waals surface area contributed by atoms with Crippen molar-refractivity contribution in [1.29, 1.82) is 0 Å². The number of aromatic amines is 1. The van der Waals surface area contributed by atoms with E-state index < -0.39 is 73.6 Å². The van der Waals surface area contributed by atoms with Crippen LogP contribution >= 0.6 is 7.82 Å². The summed E-state index contributed by atoms with van der Waals surface area (Å²) in [6, 6.07) is 7.80. The summed E-state index contributed by atoms with van der Waals surface area (Å²) in [5.41, 5.74) is 1.97. The predicted molar refractivity (Wildman–Crippen MR) is 134 cm³/mol. The van der Waals surface area contributed by atoms with E-state index in [0.717, 1.165) is 0 Å². The van der Waals surface area contributed by atoms with E-state index in [2.05, 4.69) is 11.8 Å². The van der Waals surface area contributed by atoms with Crippen molar-refractivity contribution in [2.24, 2.45) is 5.73 Å². The lowest BCUT2D eigenvalue weighted by Gasteiger charge is -2.27. The Labute approximate surface area is 222 Å². The number of phosphoric acid groups is 1. The smallest absolute Gasteiger partial charge is 0.461 e. The first kappa shape index (κ1) is 30.2. The highest BCUT2D eigenvalue weighted by molar-refractivity contribution is 7.49. The number of carbonyl (C=O) groups is 1. The molecule has 13 nitrogen and oxygen atoms in total. The fourth-order valence-electron chi connectivity index (χ4n) is 3.64. The van der Waals surface area contributed by atoms with Crippen molar-refractivity contribution in [1.82, 2.24) is 9.55 Å². The molecule has 0 spiro atoms. The minimum atomic E-state index is -4.59. The van der Waals surface area contributed by atoms with E-state index in [1.165, 1.54) is 26.0 Å². The summed E-state index contributed by atoms with van der Waals surface area (Å²) >= 11 is 0. The van der Waals surface area contributed by atoms with Crippen molar-refractivity contribution in [2.45, 2.75) is 63.9 Å². The second-order valence-electron chi connectivity index (χ2n) is 8.80. The number of esters is 1. The zero-order chi connectivity index (χ0) is 29.0. The Kier molecular flexibility index (Phi) is 9.50. The van der Waals surface area contributed by atoms with Crippen molar-refractivity contribution in [3.8, 4) is 17.6 Å². The lowest BCUT2D eigenvalue weighted by molar-refractivity contribution is -0.156. The highest BCUT2D eigenvalue weighted by atomic mass is 31.2. The van der Waals surface area contributed by atoms with Gasteiger partial charge in [-0.25, -0.2) is 14.2 Å². The molecule has 212 valence electrons. The largest absolute Gasteiger partial charge is 0.530 e. The van der Waals surface area contributed by atoms with E-state index in [4.69, 9.17) is 28.8 Å². The second kappa shape index (κ2) is 12.3. The molecular weight excluding hydrogens is 540 g/mol. The Balaban J connectivity index is 1.89. The molecule has 0 aliphatic carbocycles. The maximum Gasteiger partial charge on any atom is 0.530 e. The molecule has 1 fully saturated rings. The van der Waals surface area contributed by atoms with Crippen molar-refractivity contribution in [3.63, 3.8) is 0 Å². The molecular formula is C24H29FN3O10P. The van der Waals surface area contributed by atoms with Crippen molar-refractivity contribution < 1.29 is 41.9 Å². The Bertz CT molecular complexity index is 1400. The summed E-state index contributed by atoms with van der Waals surface area (Å²) in [5, 5.41) is 11.0. The zero-order valence-corrected chi connectivity index (χ0v) is 22.4. The van der Waals surface area contributed by atoms with Crippen LogP contribution in [0.25, 0.3) is 0 Å². The van der Waals surface area contributed by atoms with Crippen LogP contribution in [0, 0.1) is 17.7 Å². The van der Waals surface area contributed by atoms with Gasteiger partial charge in [0.25, 0.3) is 5.56 Å². The third kappa shape index (κ3) is 7.02. The van der Waals surface area contributed by atoms with E-state index in [1.54, 1.807) is 37.0 Å². The lowest BCUT2D eigenvalue weighted by Crippen LogP contribution is -2.55. The van der Waals surface area contributed by atoms with Gasteiger partial charge in [0.1, 0.15) is 18.0 Å². The summed E-state index contributed by atoms with van der Waals surface area (Å²) < 4.78 is 55.2. The van der Waals surface area contributed by atoms with Crippen LogP contribution in [0.3, 0.4) is 0 Å². The number of rotatable bonds is 10. The zero-order valence-electron chi connectivity index (χ0n) is 21.5. The number of carbonyl (C=O) groups excluding carboxylic acids is 1. The van der Waals surface area contributed by atoms with Crippen LogP contribution in [-0.2, 0) is 27.9 Å². The van der Waals surface area contributed by atoms with Crippen LogP contribution in [-0.4, -0.2) is 57.2 Å². The molecule has 1 aliphatic heterocycles. The molecule has 0 saturated carbocycles. The summed E-state index contributed by atoms with van der Waals surface area (Å²) in [6.45, 7) is 5.23. The molecule has 6 atom stereocenters. The molecule has 1 unspecified atom stereocenters. The average Bonchev–Trinajstić information content (AvgIpc) is 3.10. The quantitative estimate of drug-likeness (QED) is 0.213. The molecule has 0 bridgehead atoms. The Morgan fingerprint density at radius 1 is 1.31 bits per heavy atom. The van der Waals surface area contributed by atoms with E-state index in [0.29, 0.717) is 10.8 Å². The lowest BCUT2D eigenvalue weighted by atomic mass is 9.91. The first-order chi connectivity index (χ1) is 18.3. The van der Waals surface area contributed by atoms with E-state index in [9.17, 15) is 28.4 Å². The van der Waals surface area contributed by atoms with Crippen LogP contribution < -0.4 is 21.5 Å². The second-order valence-corrected chi connectivity index (χ2v) is 10.3. The molecule has 1 aliphatic rings. The number of H-pyrrole nitrogens is 1. The van der Waals surface area contributed by atoms with Gasteiger partial charge in [0.05, 0.1) is 18.9 Å². The number of aliphatic hydroxyl groups is 1. The predicted octanol–water partition coefficient (Wildman–Crippen LogP) is 1.22. The molecule has 0 radical (unpaired) electrons. The van der Waals surface area contributed by atoms with Crippen LogP contribution in [0.1, 0.15) is 33.9 Å². The van der Waals surface area contributed by atoms with Gasteiger partial charge >= 0.3 is 19.5 Å². The summed E-state index contributed by atoms with van der Waals surface area (Å²) in [7, 11) is -4.59. The summed E-state index contributed by atoms with van der Waals surface area (Å²) in [5.74, 6) is 2.99. The fourth-order valence-corrected chi connectivity index (χ4v) is 4.98. The number of nitrogens with two attached hydrogens (primary N) is 1. The van der Waals surface area contributed by atoms with Gasteiger partial charge in [-0.1, -0.05) is 24.1 Å². The molecule has 1 aromatic heterocycles. The number of hydrogen-bond acceptors (Lipinski definition) is 11. The Hall–Kier alpha value is -3.31. The Morgan fingerprint density at radius 3 is 2.59 bits per heavy atom. The van der Waals surface area contributed by atoms with Crippen LogP contribution in [0.2, 0.25) is 0 Å². The standard InChI is InChI=1S/C24H29FN3O10P/c1-5-11-24(26)19(29)18(36-22(24)28-12-17(25)20(30)27-23(28)32)13-34-39(33,38-16-9-7-6-8-10-16)37-15(4)21(31)35-14(2)3/h6-10,12,14-15,18-19,22,29H,13,26H2,1-4H3,(H,27,30,32)/t15-,18+,19-,22+,24?,39-/m0/s1. The molecule has 2 heterocycles. The molecule has 4 N–H and O–H groups in total. The normalized spacial score (nSPS) is 24.9. The number of halogens is 1. The maximum absolute atomic E-state index is 14.0. The number of aliphatic hydroxyl groups excluding tert-OH is 1. The van der Waals surface area contributed by atoms with Gasteiger partial charge in [-0.15, -0.1) is 5.92 Å². The molecule has 39 heavy (non-hydrogen) atoms. The monoisotopic (exact) mass is 569 g/mol. The first-order valence-corrected chi connectivity index (χ1v) is 13.2. The van der Waals surface area contributed by atoms with Gasteiger partial charge in [-0.05, 0) is 39.8 Å². The van der Waals surface area contributed by atoms with Crippen molar-refractivity contribution >= 4 is 13.8 Å². The summed E-state index contributed by atoms with van der Waals surface area (Å²) in [4.78, 5) is 37.9. The number of nitrogens with zero attached hydrogens (tertiary/aromatic N) is 1. The minimum Gasteiger partial charge on any atom is -0.461 e. The third-order valence-electron chi connectivity index (χ3n) is 5.40. The number of aromatic nitrogens is 2. The molecule has 15 heteroatoms. The van der Waals surface area contributed by atoms with Gasteiger partial charge < -0.3 is 24.8 Å². The maximum atomic E-state index is 14.0. The number of hydrogen-bond donors (Lipinski definition) is 3. The number of phosphoric ester groups is 1. The third-order valence-corrected chi connectivity index (χ3v) is 6.87. The Morgan fingerprint density at radius 2 is 1.97 bits per heavy atom. The van der Waals surface area contributed by atoms with Crippen LogP contribution in [0.15, 0.2) is 46.1 Å². The molecule has 1 aromatic carbocycles. The molecule has 2 aromatic rings. The first-order valence-electron chi connectivity index (χ1n) is 11.7. The number of para-hydroxylation sites is 1. The molecule has 0 amide bonds. The highest BCUT2D eigenvalue weighted by Crippen LogP contribution is 2.51. The van der Waals surface area contributed by atoms with E-state index in [1.807, 2.05) is 0 Å². The number of ether oxygens (including phenoxy) is 2. The van der Waals surface area contributed by atoms with Crippen molar-refractivity contribution in [2.75, 3.05) is 6.61 Å².